The standard InChI is InChI=1S/C16H14Cl3NOS/c1-10-2-4-11(5-3-10)15(21)20-16(14(18)19)22-13-8-6-12(17)7-9-13/h2-9,14,16H,1H3,(H,20,21)/t16-/m1/s1. The zero-order chi connectivity index (χ0) is 16.1. The maximum Gasteiger partial charge on any atom is 0.252 e. The van der Waals surface area contributed by atoms with Crippen LogP contribution < -0.4 is 5.32 Å². The molecule has 0 saturated carbocycles. The first-order valence-electron chi connectivity index (χ1n) is 6.53. The number of thioether (sulfide) groups is 1. The Balaban J connectivity index is 2.06. The number of alkyl halides is 2. The quantitative estimate of drug-likeness (QED) is 0.437. The van der Waals surface area contributed by atoms with Gasteiger partial charge in [0.1, 0.15) is 10.2 Å². The number of rotatable bonds is 5. The van der Waals surface area contributed by atoms with Crippen LogP contribution in [-0.4, -0.2) is 16.1 Å². The third-order valence-corrected chi connectivity index (χ3v) is 5.14. The molecular formula is C16H14Cl3NOS. The summed E-state index contributed by atoms with van der Waals surface area (Å²) in [5.74, 6) is -0.210. The molecule has 0 heterocycles. The van der Waals surface area contributed by atoms with Gasteiger partial charge in [-0.25, -0.2) is 0 Å². The minimum atomic E-state index is -0.741. The average molecular weight is 375 g/mol. The van der Waals surface area contributed by atoms with Crippen LogP contribution in [-0.2, 0) is 0 Å². The molecule has 0 unspecified atom stereocenters. The molecule has 0 bridgehead atoms. The highest BCUT2D eigenvalue weighted by Crippen LogP contribution is 2.29. The molecule has 116 valence electrons. The SMILES string of the molecule is Cc1ccc(C(=O)N[C@H](Sc2ccc(Cl)cc2)C(Cl)Cl)cc1. The van der Waals surface area contributed by atoms with Crippen molar-refractivity contribution in [1.29, 1.82) is 0 Å². The first-order chi connectivity index (χ1) is 10.5. The number of amides is 1. The van der Waals surface area contributed by atoms with Crippen molar-refractivity contribution in [3.63, 3.8) is 0 Å². The van der Waals surface area contributed by atoms with Gasteiger partial charge in [-0.15, -0.1) is 23.2 Å². The van der Waals surface area contributed by atoms with Gasteiger partial charge in [-0.1, -0.05) is 41.1 Å². The predicted molar refractivity (Wildman–Crippen MR) is 95.2 cm³/mol. The highest BCUT2D eigenvalue weighted by molar-refractivity contribution is 8.00. The van der Waals surface area contributed by atoms with Crippen LogP contribution in [0.3, 0.4) is 0 Å². The van der Waals surface area contributed by atoms with Crippen LogP contribution >= 0.6 is 46.6 Å². The van der Waals surface area contributed by atoms with Gasteiger partial charge in [-0.05, 0) is 43.3 Å². The Morgan fingerprint density at radius 1 is 1.05 bits per heavy atom. The van der Waals surface area contributed by atoms with E-state index >= 15 is 0 Å². The fraction of sp³-hybridized carbons (Fsp3) is 0.188. The fourth-order valence-electron chi connectivity index (χ4n) is 1.72. The normalized spacial score (nSPS) is 12.2. The molecule has 1 amide bonds. The van der Waals surface area contributed by atoms with E-state index in [1.807, 2.05) is 31.2 Å². The van der Waals surface area contributed by atoms with Crippen molar-refractivity contribution < 1.29 is 4.79 Å². The van der Waals surface area contributed by atoms with Crippen molar-refractivity contribution in [2.24, 2.45) is 0 Å². The van der Waals surface area contributed by atoms with Crippen molar-refractivity contribution in [3.05, 3.63) is 64.7 Å². The summed E-state index contributed by atoms with van der Waals surface area (Å²) in [7, 11) is 0. The second-order valence-electron chi connectivity index (χ2n) is 4.67. The van der Waals surface area contributed by atoms with E-state index in [2.05, 4.69) is 5.32 Å². The van der Waals surface area contributed by atoms with E-state index in [1.54, 1.807) is 24.3 Å². The minimum Gasteiger partial charge on any atom is -0.337 e. The molecule has 22 heavy (non-hydrogen) atoms. The average Bonchev–Trinajstić information content (AvgIpc) is 2.49. The van der Waals surface area contributed by atoms with Crippen LogP contribution in [0.4, 0.5) is 0 Å². The maximum absolute atomic E-state index is 12.3. The largest absolute Gasteiger partial charge is 0.337 e. The molecule has 2 aromatic rings. The van der Waals surface area contributed by atoms with Crippen molar-refractivity contribution in [1.82, 2.24) is 5.32 Å². The van der Waals surface area contributed by atoms with Gasteiger partial charge in [0.2, 0.25) is 0 Å². The molecule has 2 aromatic carbocycles. The number of aryl methyl sites for hydroxylation is 1. The second kappa shape index (κ2) is 8.11. The number of carbonyl (C=O) groups excluding carboxylic acids is 1. The first-order valence-corrected chi connectivity index (χ1v) is 8.66. The lowest BCUT2D eigenvalue weighted by Gasteiger charge is -2.19. The monoisotopic (exact) mass is 373 g/mol. The third-order valence-electron chi connectivity index (χ3n) is 2.89. The van der Waals surface area contributed by atoms with Gasteiger partial charge >= 0.3 is 0 Å². The lowest BCUT2D eigenvalue weighted by molar-refractivity contribution is 0.0951. The Morgan fingerprint density at radius 2 is 1.64 bits per heavy atom. The van der Waals surface area contributed by atoms with E-state index in [0.717, 1.165) is 10.5 Å². The van der Waals surface area contributed by atoms with E-state index in [-0.39, 0.29) is 5.91 Å². The van der Waals surface area contributed by atoms with Crippen molar-refractivity contribution in [2.45, 2.75) is 22.0 Å². The fourth-order valence-corrected chi connectivity index (χ4v) is 3.14. The smallest absolute Gasteiger partial charge is 0.252 e. The van der Waals surface area contributed by atoms with Crippen LogP contribution in [0.25, 0.3) is 0 Å². The Kier molecular flexibility index (Phi) is 6.45. The summed E-state index contributed by atoms with van der Waals surface area (Å²) in [6.07, 6.45) is 0. The Bertz CT molecular complexity index is 629. The predicted octanol–water partition coefficient (Wildman–Crippen LogP) is 5.30. The topological polar surface area (TPSA) is 29.1 Å². The van der Waals surface area contributed by atoms with Crippen molar-refractivity contribution >= 4 is 52.5 Å². The third kappa shape index (κ3) is 5.10. The van der Waals surface area contributed by atoms with E-state index in [0.29, 0.717) is 10.6 Å². The molecule has 0 aliphatic rings. The van der Waals surface area contributed by atoms with Crippen LogP contribution in [0.1, 0.15) is 15.9 Å². The van der Waals surface area contributed by atoms with Crippen LogP contribution in [0.5, 0.6) is 0 Å². The van der Waals surface area contributed by atoms with E-state index in [4.69, 9.17) is 34.8 Å². The van der Waals surface area contributed by atoms with Gasteiger partial charge in [0, 0.05) is 15.5 Å². The van der Waals surface area contributed by atoms with Gasteiger partial charge in [0.15, 0.2) is 0 Å². The number of hydrogen-bond acceptors (Lipinski definition) is 2. The summed E-state index contributed by atoms with van der Waals surface area (Å²) in [4.78, 5) is 12.4. The van der Waals surface area contributed by atoms with Crippen LogP contribution in [0.15, 0.2) is 53.4 Å². The summed E-state index contributed by atoms with van der Waals surface area (Å²) in [6, 6.07) is 14.6. The lowest BCUT2D eigenvalue weighted by atomic mass is 10.1. The number of hydrogen-bond donors (Lipinski definition) is 1. The van der Waals surface area contributed by atoms with E-state index in [1.165, 1.54) is 11.8 Å². The number of nitrogens with one attached hydrogen (secondary N) is 1. The zero-order valence-corrected chi connectivity index (χ0v) is 14.8. The van der Waals surface area contributed by atoms with Gasteiger partial charge < -0.3 is 5.32 Å². The van der Waals surface area contributed by atoms with E-state index in [9.17, 15) is 4.79 Å². The van der Waals surface area contributed by atoms with Crippen LogP contribution in [0, 0.1) is 6.92 Å². The molecule has 2 nitrogen and oxygen atoms in total. The summed E-state index contributed by atoms with van der Waals surface area (Å²) in [5, 5.41) is 3.03. The summed E-state index contributed by atoms with van der Waals surface area (Å²) in [6.45, 7) is 1.97. The summed E-state index contributed by atoms with van der Waals surface area (Å²) >= 11 is 19.2. The molecule has 0 spiro atoms. The molecule has 1 atom stereocenters. The molecule has 0 fully saturated rings. The highest BCUT2D eigenvalue weighted by Gasteiger charge is 2.21. The Morgan fingerprint density at radius 3 is 2.18 bits per heavy atom. The second-order valence-corrected chi connectivity index (χ2v) is 7.48. The lowest BCUT2D eigenvalue weighted by Crippen LogP contribution is -2.36. The molecule has 0 aromatic heterocycles. The number of benzene rings is 2. The minimum absolute atomic E-state index is 0.210. The van der Waals surface area contributed by atoms with Crippen molar-refractivity contribution in [3.8, 4) is 0 Å². The Hall–Kier alpha value is -0.870. The molecule has 6 heteroatoms. The maximum atomic E-state index is 12.3. The van der Waals surface area contributed by atoms with Gasteiger partial charge in [-0.3, -0.25) is 4.79 Å². The highest BCUT2D eigenvalue weighted by atomic mass is 35.5. The molecule has 0 saturated heterocycles. The van der Waals surface area contributed by atoms with E-state index < -0.39 is 10.2 Å². The first kappa shape index (κ1) is 17.5. The molecule has 2 rings (SSSR count). The molecule has 1 N–H and O–H groups in total. The molecule has 0 aliphatic carbocycles. The Labute approximate surface area is 149 Å². The van der Waals surface area contributed by atoms with Crippen molar-refractivity contribution in [2.75, 3.05) is 0 Å². The zero-order valence-electron chi connectivity index (χ0n) is 11.7. The summed E-state index contributed by atoms with van der Waals surface area (Å²) < 4.78 is 0. The number of carbonyl (C=O) groups is 1. The van der Waals surface area contributed by atoms with Gasteiger partial charge in [-0.2, -0.15) is 0 Å². The molecular weight excluding hydrogens is 361 g/mol. The summed E-state index contributed by atoms with van der Waals surface area (Å²) in [5.41, 5.74) is 1.66. The number of halogens is 3. The van der Waals surface area contributed by atoms with Gasteiger partial charge in [0.05, 0.1) is 0 Å². The van der Waals surface area contributed by atoms with Gasteiger partial charge in [0.25, 0.3) is 5.91 Å². The molecule has 0 radical (unpaired) electrons. The van der Waals surface area contributed by atoms with Crippen LogP contribution in [0.2, 0.25) is 5.02 Å². The molecule has 0 aliphatic heterocycles.